The van der Waals surface area contributed by atoms with Crippen LogP contribution in [0.1, 0.15) is 157 Å². The van der Waals surface area contributed by atoms with Crippen molar-refractivity contribution < 1.29 is 9.21 Å². The molecule has 2 N–H and O–H groups in total. The summed E-state index contributed by atoms with van der Waals surface area (Å²) in [7, 11) is 0. The summed E-state index contributed by atoms with van der Waals surface area (Å²) in [5.74, 6) is -0.125. The number of hydrogen-bond acceptors (Lipinski definition) is 6. The van der Waals surface area contributed by atoms with Gasteiger partial charge < -0.3 is 15.1 Å². The highest BCUT2D eigenvalue weighted by Gasteiger charge is 2.20. The molecule has 7 heteroatoms. The van der Waals surface area contributed by atoms with Gasteiger partial charge in [-0.05, 0) is 25.3 Å². The molecule has 0 unspecified atom stereocenters. The second-order valence-corrected chi connectivity index (χ2v) is 12.1. The minimum absolute atomic E-state index is 0.125. The Labute approximate surface area is 241 Å². The van der Waals surface area contributed by atoms with Crippen molar-refractivity contribution in [1.29, 1.82) is 0 Å². The van der Waals surface area contributed by atoms with E-state index in [9.17, 15) is 9.59 Å². The van der Waals surface area contributed by atoms with Crippen LogP contribution in [0.2, 0.25) is 0 Å². The van der Waals surface area contributed by atoms with Gasteiger partial charge >= 0.3 is 5.63 Å². The van der Waals surface area contributed by atoms with E-state index < -0.39 is 5.63 Å². The minimum Gasteiger partial charge on any atom is -0.389 e. The predicted molar refractivity (Wildman–Crippen MR) is 167 cm³/mol. The number of carbonyl (C=O) groups excluding carboxylic acids is 1. The van der Waals surface area contributed by atoms with E-state index in [0.717, 1.165) is 32.2 Å². The van der Waals surface area contributed by atoms with Crippen molar-refractivity contribution in [3.8, 4) is 0 Å². The van der Waals surface area contributed by atoms with Gasteiger partial charge in [0.2, 0.25) is 0 Å². The molecule has 0 atom stereocenters. The standard InChI is InChI=1S/C32H55N3O3S/c1-4-6-8-10-12-13-14-15-16-17-18-19-21-23-25-34-32-35-30-27(31(37)38-32)26(3)28(39-30)29(36)33-24-22-20-11-9-7-5-2/h4-25H2,1-3H3,(H,33,36)(H,34,35). The zero-order valence-corrected chi connectivity index (χ0v) is 26.0. The molecule has 222 valence electrons. The molecule has 0 spiro atoms. The zero-order valence-electron chi connectivity index (χ0n) is 25.1. The number of hydrogen-bond donors (Lipinski definition) is 2. The summed E-state index contributed by atoms with van der Waals surface area (Å²) in [6.45, 7) is 7.68. The van der Waals surface area contributed by atoms with Crippen LogP contribution in [0.25, 0.3) is 10.2 Å². The summed E-state index contributed by atoms with van der Waals surface area (Å²) in [6.07, 6.45) is 25.7. The van der Waals surface area contributed by atoms with Gasteiger partial charge in [-0.1, -0.05) is 129 Å². The van der Waals surface area contributed by atoms with E-state index in [4.69, 9.17) is 4.42 Å². The number of fused-ring (bicyclic) bond motifs is 1. The molecule has 1 amide bonds. The van der Waals surface area contributed by atoms with Crippen molar-refractivity contribution in [3.05, 3.63) is 20.9 Å². The molecule has 0 aliphatic carbocycles. The number of carbonyl (C=O) groups is 1. The molecule has 6 nitrogen and oxygen atoms in total. The van der Waals surface area contributed by atoms with Gasteiger partial charge in [-0.2, -0.15) is 4.98 Å². The van der Waals surface area contributed by atoms with Crippen LogP contribution in [-0.2, 0) is 0 Å². The summed E-state index contributed by atoms with van der Waals surface area (Å²) in [4.78, 5) is 31.0. The minimum atomic E-state index is -0.424. The lowest BCUT2D eigenvalue weighted by molar-refractivity contribution is 0.0956. The van der Waals surface area contributed by atoms with Crippen LogP contribution in [0.4, 0.5) is 6.01 Å². The second kappa shape index (κ2) is 20.9. The van der Waals surface area contributed by atoms with E-state index >= 15 is 0 Å². The van der Waals surface area contributed by atoms with Crippen molar-refractivity contribution in [1.82, 2.24) is 10.3 Å². The number of aryl methyl sites for hydroxylation is 1. The van der Waals surface area contributed by atoms with Crippen molar-refractivity contribution in [3.63, 3.8) is 0 Å². The lowest BCUT2D eigenvalue weighted by atomic mass is 10.0. The topological polar surface area (TPSA) is 84.2 Å². The molecule has 0 radical (unpaired) electrons. The SMILES string of the molecule is CCCCCCCCCCCCCCCCNc1nc2sc(C(=O)NCCCCCCCC)c(C)c2c(=O)o1. The molecule has 2 aromatic heterocycles. The molecule has 0 aliphatic heterocycles. The molecular formula is C32H55N3O3S. The number of nitrogens with zero attached hydrogens (tertiary/aromatic N) is 1. The fourth-order valence-electron chi connectivity index (χ4n) is 5.07. The van der Waals surface area contributed by atoms with E-state index in [1.165, 1.54) is 114 Å². The van der Waals surface area contributed by atoms with E-state index in [1.807, 2.05) is 0 Å². The Bertz CT molecular complexity index is 985. The van der Waals surface area contributed by atoms with Gasteiger partial charge in [0.05, 0.1) is 4.88 Å². The molecule has 0 aliphatic rings. The lowest BCUT2D eigenvalue weighted by Crippen LogP contribution is -2.24. The van der Waals surface area contributed by atoms with Crippen LogP contribution in [-0.4, -0.2) is 24.0 Å². The first-order valence-corrected chi connectivity index (χ1v) is 16.9. The van der Waals surface area contributed by atoms with Crippen molar-refractivity contribution in [2.45, 2.75) is 149 Å². The van der Waals surface area contributed by atoms with Gasteiger partial charge in [-0.3, -0.25) is 4.79 Å². The largest absolute Gasteiger partial charge is 0.389 e. The van der Waals surface area contributed by atoms with Crippen LogP contribution in [0, 0.1) is 6.92 Å². The lowest BCUT2D eigenvalue weighted by Gasteiger charge is -2.05. The third kappa shape index (κ3) is 13.3. The Morgan fingerprint density at radius 2 is 1.18 bits per heavy atom. The first kappa shape index (κ1) is 33.3. The third-order valence-electron chi connectivity index (χ3n) is 7.55. The van der Waals surface area contributed by atoms with Crippen molar-refractivity contribution in [2.75, 3.05) is 18.4 Å². The Kier molecular flexibility index (Phi) is 17.9. The molecule has 0 aromatic carbocycles. The molecule has 2 aromatic rings. The number of anilines is 1. The monoisotopic (exact) mass is 561 g/mol. The normalized spacial score (nSPS) is 11.4. The number of rotatable bonds is 24. The van der Waals surface area contributed by atoms with E-state index in [-0.39, 0.29) is 11.9 Å². The van der Waals surface area contributed by atoms with Crippen molar-refractivity contribution in [2.24, 2.45) is 0 Å². The average Bonchev–Trinajstić information content (AvgIpc) is 3.26. The smallest absolute Gasteiger partial charge is 0.349 e. The Hall–Kier alpha value is -1.89. The maximum absolute atomic E-state index is 12.7. The Morgan fingerprint density at radius 3 is 1.69 bits per heavy atom. The van der Waals surface area contributed by atoms with Crippen LogP contribution in [0.3, 0.4) is 0 Å². The van der Waals surface area contributed by atoms with Crippen LogP contribution >= 0.6 is 11.3 Å². The highest BCUT2D eigenvalue weighted by molar-refractivity contribution is 7.20. The van der Waals surface area contributed by atoms with Gasteiger partial charge in [0, 0.05) is 13.1 Å². The molecule has 0 bridgehead atoms. The summed E-state index contributed by atoms with van der Waals surface area (Å²) in [5, 5.41) is 6.60. The molecular weight excluding hydrogens is 506 g/mol. The molecule has 39 heavy (non-hydrogen) atoms. The second-order valence-electron chi connectivity index (χ2n) is 11.1. The fraction of sp³-hybridized carbons (Fsp3) is 0.781. The van der Waals surface area contributed by atoms with Gasteiger partial charge in [0.15, 0.2) is 0 Å². The highest BCUT2D eigenvalue weighted by Crippen LogP contribution is 2.28. The predicted octanol–water partition coefficient (Wildman–Crippen LogP) is 9.54. The third-order valence-corrected chi connectivity index (χ3v) is 8.74. The first-order valence-electron chi connectivity index (χ1n) is 16.0. The van der Waals surface area contributed by atoms with E-state index in [2.05, 4.69) is 29.5 Å². The summed E-state index contributed by atoms with van der Waals surface area (Å²) in [5.41, 5.74) is 0.238. The van der Waals surface area contributed by atoms with Crippen LogP contribution in [0.15, 0.2) is 9.21 Å². The fourth-order valence-corrected chi connectivity index (χ4v) is 6.15. The molecule has 0 fully saturated rings. The van der Waals surface area contributed by atoms with Crippen LogP contribution in [0.5, 0.6) is 0 Å². The maximum Gasteiger partial charge on any atom is 0.349 e. The summed E-state index contributed by atoms with van der Waals surface area (Å²) >= 11 is 1.28. The molecule has 0 saturated heterocycles. The van der Waals surface area contributed by atoms with E-state index in [1.54, 1.807) is 6.92 Å². The Morgan fingerprint density at radius 1 is 0.718 bits per heavy atom. The van der Waals surface area contributed by atoms with Gasteiger partial charge in [0.1, 0.15) is 10.2 Å². The number of thiophene rings is 1. The summed E-state index contributed by atoms with van der Waals surface area (Å²) < 4.78 is 5.43. The van der Waals surface area contributed by atoms with Crippen LogP contribution < -0.4 is 16.3 Å². The molecule has 0 saturated carbocycles. The average molecular weight is 562 g/mol. The van der Waals surface area contributed by atoms with Gasteiger partial charge in [0.25, 0.3) is 11.9 Å². The number of nitrogens with one attached hydrogen (secondary N) is 2. The number of unbranched alkanes of at least 4 members (excludes halogenated alkanes) is 18. The van der Waals surface area contributed by atoms with Gasteiger partial charge in [-0.15, -0.1) is 11.3 Å². The molecule has 2 rings (SSSR count). The Balaban J connectivity index is 1.62. The number of amides is 1. The van der Waals surface area contributed by atoms with Crippen molar-refractivity contribution >= 4 is 33.5 Å². The number of aromatic nitrogens is 1. The summed E-state index contributed by atoms with van der Waals surface area (Å²) in [6, 6.07) is 0.252. The zero-order chi connectivity index (χ0) is 28.1. The van der Waals surface area contributed by atoms with Gasteiger partial charge in [-0.25, -0.2) is 4.79 Å². The van der Waals surface area contributed by atoms with E-state index in [0.29, 0.717) is 27.2 Å². The quantitative estimate of drug-likeness (QED) is 0.125. The first-order chi connectivity index (χ1) is 19.1. The highest BCUT2D eigenvalue weighted by atomic mass is 32.1. The molecule has 2 heterocycles. The maximum atomic E-state index is 12.7.